The van der Waals surface area contributed by atoms with Crippen LogP contribution < -0.4 is 5.32 Å². The predicted molar refractivity (Wildman–Crippen MR) is 207 cm³/mol. The fourth-order valence-electron chi connectivity index (χ4n) is 7.78. The highest BCUT2D eigenvalue weighted by Gasteiger charge is 2.23. The molecule has 1 unspecified atom stereocenters. The van der Waals surface area contributed by atoms with Gasteiger partial charge in [-0.1, -0.05) is 146 Å². The van der Waals surface area contributed by atoms with Gasteiger partial charge in [-0.05, 0) is 68.4 Å². The van der Waals surface area contributed by atoms with Crippen LogP contribution in [0.4, 0.5) is 0 Å². The van der Waals surface area contributed by atoms with Crippen LogP contribution >= 0.6 is 0 Å². The fourth-order valence-corrected chi connectivity index (χ4v) is 7.78. The van der Waals surface area contributed by atoms with Gasteiger partial charge in [0.25, 0.3) is 0 Å². The third-order valence-corrected chi connectivity index (χ3v) is 10.0. The highest BCUT2D eigenvalue weighted by atomic mass is 15.1. The van der Waals surface area contributed by atoms with E-state index >= 15 is 0 Å². The summed E-state index contributed by atoms with van der Waals surface area (Å²) >= 11 is 0. The summed E-state index contributed by atoms with van der Waals surface area (Å²) in [6, 6.07) is 61.0. The molecule has 1 aliphatic rings. The first-order valence-corrected chi connectivity index (χ1v) is 16.9. The summed E-state index contributed by atoms with van der Waals surface area (Å²) in [5, 5.41) is 13.8. The number of nitrogens with one attached hydrogen (secondary N) is 1. The monoisotopic (exact) mass is 625 g/mol. The first-order valence-electron chi connectivity index (χ1n) is 16.9. The highest BCUT2D eigenvalue weighted by Crippen LogP contribution is 2.42. The maximum atomic E-state index is 5.27. The minimum atomic E-state index is -0.0127. The van der Waals surface area contributed by atoms with E-state index in [0.29, 0.717) is 0 Å². The van der Waals surface area contributed by atoms with Crippen molar-refractivity contribution < 1.29 is 0 Å². The topological polar surface area (TPSA) is 29.3 Å². The maximum Gasteiger partial charge on any atom is 0.135 e. The summed E-state index contributed by atoms with van der Waals surface area (Å²) in [5.41, 5.74) is 7.92. The van der Waals surface area contributed by atoms with Gasteiger partial charge in [0.15, 0.2) is 0 Å². The van der Waals surface area contributed by atoms with Gasteiger partial charge in [-0.25, -0.2) is 4.99 Å². The molecule has 0 bridgehead atoms. The zero-order chi connectivity index (χ0) is 32.3. The first-order chi connectivity index (χ1) is 24.3. The Labute approximate surface area is 284 Å². The van der Waals surface area contributed by atoms with Crippen LogP contribution in [0.1, 0.15) is 22.7 Å². The number of benzene rings is 8. The van der Waals surface area contributed by atoms with E-state index in [0.717, 1.165) is 33.7 Å². The van der Waals surface area contributed by atoms with Gasteiger partial charge in [-0.15, -0.1) is 0 Å². The molecule has 10 rings (SSSR count). The molecule has 0 saturated heterocycles. The second-order valence-corrected chi connectivity index (χ2v) is 12.8. The zero-order valence-corrected chi connectivity index (χ0v) is 26.7. The molecule has 9 aromatic rings. The third-order valence-electron chi connectivity index (χ3n) is 10.0. The van der Waals surface area contributed by atoms with Crippen molar-refractivity contribution in [3.05, 3.63) is 193 Å². The average molecular weight is 626 g/mol. The highest BCUT2D eigenvalue weighted by molar-refractivity contribution is 6.29. The SMILES string of the molecule is C1=C(c2ccccc2)N=C(c2ccc(-n3c4ccc5ccccc5c4c4c5ccccc5ccc43)c3ccccc23)NC1c1ccccc1. The van der Waals surface area contributed by atoms with Crippen molar-refractivity contribution in [1.29, 1.82) is 0 Å². The minimum Gasteiger partial charge on any atom is -0.359 e. The number of hydrogen-bond acceptors (Lipinski definition) is 2. The molecular formula is C46H31N3. The summed E-state index contributed by atoms with van der Waals surface area (Å²) in [4.78, 5) is 5.27. The van der Waals surface area contributed by atoms with Gasteiger partial charge >= 0.3 is 0 Å². The van der Waals surface area contributed by atoms with Crippen molar-refractivity contribution in [3.8, 4) is 5.69 Å². The van der Waals surface area contributed by atoms with Crippen LogP contribution in [0.3, 0.4) is 0 Å². The van der Waals surface area contributed by atoms with Crippen molar-refractivity contribution >= 4 is 65.7 Å². The lowest BCUT2D eigenvalue weighted by Gasteiger charge is -2.25. The van der Waals surface area contributed by atoms with Crippen molar-refractivity contribution in [2.24, 2.45) is 4.99 Å². The molecule has 8 aromatic carbocycles. The van der Waals surface area contributed by atoms with Crippen LogP contribution in [0.25, 0.3) is 65.5 Å². The molecule has 0 aliphatic carbocycles. The Hall–Kier alpha value is -6.45. The second kappa shape index (κ2) is 11.1. The number of amidine groups is 1. The Morgan fingerprint density at radius 2 is 1.02 bits per heavy atom. The number of nitrogens with zero attached hydrogens (tertiary/aromatic N) is 2. The lowest BCUT2D eigenvalue weighted by molar-refractivity contribution is 0.781. The van der Waals surface area contributed by atoms with E-state index in [1.54, 1.807) is 0 Å². The van der Waals surface area contributed by atoms with Crippen molar-refractivity contribution in [3.63, 3.8) is 0 Å². The lowest BCUT2D eigenvalue weighted by atomic mass is 9.97. The minimum absolute atomic E-state index is 0.0127. The third kappa shape index (κ3) is 4.40. The molecule has 1 N–H and O–H groups in total. The summed E-state index contributed by atoms with van der Waals surface area (Å²) in [5.74, 6) is 0.872. The van der Waals surface area contributed by atoms with Gasteiger partial charge in [-0.2, -0.15) is 0 Å². The van der Waals surface area contributed by atoms with Crippen LogP contribution in [0.2, 0.25) is 0 Å². The van der Waals surface area contributed by atoms with Crippen LogP contribution in [-0.2, 0) is 0 Å². The molecule has 2 heterocycles. The molecule has 3 heteroatoms. The average Bonchev–Trinajstić information content (AvgIpc) is 3.53. The van der Waals surface area contributed by atoms with Gasteiger partial charge in [0.1, 0.15) is 5.84 Å². The Balaban J connectivity index is 1.23. The standard InChI is InChI=1S/C46H31N3/c1-3-15-32(16-4-1)39-29-40(33-17-5-2-6-18-33)48-46(47-39)38-25-28-41(37-22-12-11-21-36(37)38)49-42-26-23-30-13-7-9-19-34(30)44(42)45-35-20-10-8-14-31(35)24-27-43(45)49/h1-29,39H,(H,47,48). The molecule has 1 atom stereocenters. The molecule has 3 nitrogen and oxygen atoms in total. The molecule has 1 aromatic heterocycles. The second-order valence-electron chi connectivity index (χ2n) is 12.8. The summed E-state index contributed by atoms with van der Waals surface area (Å²) in [6.07, 6.45) is 2.23. The summed E-state index contributed by atoms with van der Waals surface area (Å²) in [7, 11) is 0. The van der Waals surface area contributed by atoms with E-state index in [2.05, 4.69) is 186 Å². The van der Waals surface area contributed by atoms with E-state index in [1.165, 1.54) is 54.3 Å². The normalized spacial score (nSPS) is 14.7. The fraction of sp³-hybridized carbons (Fsp3) is 0.0217. The number of fused-ring (bicyclic) bond motifs is 8. The van der Waals surface area contributed by atoms with Gasteiger partial charge in [-0.3, -0.25) is 0 Å². The molecule has 0 fully saturated rings. The van der Waals surface area contributed by atoms with Gasteiger partial charge in [0.2, 0.25) is 0 Å². The van der Waals surface area contributed by atoms with E-state index in [1.807, 2.05) is 0 Å². The van der Waals surface area contributed by atoms with Crippen LogP contribution in [0, 0.1) is 0 Å². The van der Waals surface area contributed by atoms with Crippen LogP contribution in [0.15, 0.2) is 181 Å². The Morgan fingerprint density at radius 3 is 1.67 bits per heavy atom. The molecular weight excluding hydrogens is 595 g/mol. The first kappa shape index (κ1) is 27.6. The van der Waals surface area contributed by atoms with Crippen molar-refractivity contribution in [2.45, 2.75) is 6.04 Å². The van der Waals surface area contributed by atoms with Gasteiger partial charge in [0.05, 0.1) is 28.5 Å². The van der Waals surface area contributed by atoms with E-state index in [-0.39, 0.29) is 6.04 Å². The summed E-state index contributed by atoms with van der Waals surface area (Å²) in [6.45, 7) is 0. The molecule has 1 aliphatic heterocycles. The molecule has 0 amide bonds. The zero-order valence-electron chi connectivity index (χ0n) is 26.7. The van der Waals surface area contributed by atoms with Crippen LogP contribution in [-0.4, -0.2) is 10.4 Å². The number of rotatable bonds is 4. The molecule has 0 spiro atoms. The molecule has 49 heavy (non-hydrogen) atoms. The van der Waals surface area contributed by atoms with Crippen molar-refractivity contribution in [1.82, 2.24) is 9.88 Å². The quantitative estimate of drug-likeness (QED) is 0.207. The number of aliphatic imine (C=N–C) groups is 1. The van der Waals surface area contributed by atoms with E-state index < -0.39 is 0 Å². The number of hydrogen-bond donors (Lipinski definition) is 1. The molecule has 0 saturated carbocycles. The van der Waals surface area contributed by atoms with Crippen molar-refractivity contribution in [2.75, 3.05) is 0 Å². The predicted octanol–water partition coefficient (Wildman–Crippen LogP) is 11.4. The molecule has 0 radical (unpaired) electrons. The van der Waals surface area contributed by atoms with E-state index in [9.17, 15) is 0 Å². The smallest absolute Gasteiger partial charge is 0.135 e. The van der Waals surface area contributed by atoms with Crippen LogP contribution in [0.5, 0.6) is 0 Å². The lowest BCUT2D eigenvalue weighted by Crippen LogP contribution is -2.31. The van der Waals surface area contributed by atoms with Gasteiger partial charge in [0, 0.05) is 21.7 Å². The Morgan fingerprint density at radius 1 is 0.469 bits per heavy atom. The maximum absolute atomic E-state index is 5.27. The summed E-state index contributed by atoms with van der Waals surface area (Å²) < 4.78 is 2.47. The largest absolute Gasteiger partial charge is 0.359 e. The van der Waals surface area contributed by atoms with E-state index in [4.69, 9.17) is 4.99 Å². The number of aromatic nitrogens is 1. The molecule has 230 valence electrons. The Kier molecular flexibility index (Phi) is 6.25. The Bertz CT molecular complexity index is 2700. The van der Waals surface area contributed by atoms with Gasteiger partial charge < -0.3 is 9.88 Å².